The molecule has 8 atom stereocenters. The van der Waals surface area contributed by atoms with E-state index in [2.05, 4.69) is 13.8 Å². The lowest BCUT2D eigenvalue weighted by atomic mass is 9.44. The Balaban J connectivity index is 1.62. The van der Waals surface area contributed by atoms with Gasteiger partial charge in [-0.25, -0.2) is 0 Å². The van der Waals surface area contributed by atoms with Crippen molar-refractivity contribution in [3.05, 3.63) is 0 Å². The van der Waals surface area contributed by atoms with Gasteiger partial charge in [-0.1, -0.05) is 13.8 Å². The lowest BCUT2D eigenvalue weighted by Crippen LogP contribution is -2.56. The predicted molar refractivity (Wildman–Crippen MR) is 93.7 cm³/mol. The number of ketones is 2. The van der Waals surface area contributed by atoms with E-state index in [9.17, 15) is 19.8 Å². The normalized spacial score (nSPS) is 52.2. The van der Waals surface area contributed by atoms with Crippen molar-refractivity contribution in [2.75, 3.05) is 6.61 Å². The monoisotopic (exact) mass is 348 g/mol. The van der Waals surface area contributed by atoms with Gasteiger partial charge in [-0.2, -0.15) is 0 Å². The predicted octanol–water partition coefficient (Wildman–Crippen LogP) is 2.75. The Morgan fingerprint density at radius 3 is 2.52 bits per heavy atom. The van der Waals surface area contributed by atoms with Crippen LogP contribution < -0.4 is 0 Å². The Morgan fingerprint density at radius 1 is 1.08 bits per heavy atom. The fourth-order valence-corrected chi connectivity index (χ4v) is 7.73. The molecule has 140 valence electrons. The number of carbonyl (C=O) groups excluding carboxylic acids is 2. The smallest absolute Gasteiger partial charge is 0.161 e. The highest BCUT2D eigenvalue weighted by atomic mass is 16.3. The van der Waals surface area contributed by atoms with E-state index < -0.39 is 6.10 Å². The van der Waals surface area contributed by atoms with Crippen LogP contribution >= 0.6 is 0 Å². The van der Waals surface area contributed by atoms with Crippen molar-refractivity contribution >= 4 is 11.6 Å². The number of aliphatic hydroxyl groups is 2. The number of hydrogen-bond acceptors (Lipinski definition) is 4. The van der Waals surface area contributed by atoms with Gasteiger partial charge >= 0.3 is 0 Å². The van der Waals surface area contributed by atoms with Gasteiger partial charge in [0, 0.05) is 12.3 Å². The van der Waals surface area contributed by atoms with Gasteiger partial charge in [0.15, 0.2) is 11.6 Å². The molecule has 4 rings (SSSR count). The zero-order chi connectivity index (χ0) is 18.0. The van der Waals surface area contributed by atoms with Crippen molar-refractivity contribution in [3.8, 4) is 0 Å². The second-order valence-corrected chi connectivity index (χ2v) is 9.85. The highest BCUT2D eigenvalue weighted by molar-refractivity contribution is 5.84. The average molecular weight is 348 g/mol. The number of Topliss-reactive ketones (excluding diaryl/α,β-unsaturated/α-hetero) is 2. The Labute approximate surface area is 150 Å². The van der Waals surface area contributed by atoms with E-state index in [4.69, 9.17) is 0 Å². The molecule has 0 spiro atoms. The van der Waals surface area contributed by atoms with Crippen molar-refractivity contribution in [3.63, 3.8) is 0 Å². The molecule has 4 aliphatic rings. The van der Waals surface area contributed by atoms with Gasteiger partial charge in [-0.3, -0.25) is 9.59 Å². The summed E-state index contributed by atoms with van der Waals surface area (Å²) in [6.45, 7) is 4.25. The van der Waals surface area contributed by atoms with Crippen LogP contribution in [0.4, 0.5) is 0 Å². The Kier molecular flexibility index (Phi) is 4.16. The summed E-state index contributed by atoms with van der Waals surface area (Å²) >= 11 is 0. The number of fused-ring (bicyclic) bond motifs is 5. The van der Waals surface area contributed by atoms with Crippen LogP contribution in [0.5, 0.6) is 0 Å². The van der Waals surface area contributed by atoms with Crippen LogP contribution in [0.3, 0.4) is 0 Å². The highest BCUT2D eigenvalue weighted by Crippen LogP contribution is 2.67. The molecule has 25 heavy (non-hydrogen) atoms. The van der Waals surface area contributed by atoms with Crippen molar-refractivity contribution < 1.29 is 19.8 Å². The van der Waals surface area contributed by atoms with Gasteiger partial charge in [0.25, 0.3) is 0 Å². The number of rotatable bonds is 2. The molecule has 0 aliphatic heterocycles. The van der Waals surface area contributed by atoms with Gasteiger partial charge in [-0.05, 0) is 79.4 Å². The molecule has 0 radical (unpaired) electrons. The molecule has 0 aromatic heterocycles. The summed E-state index contributed by atoms with van der Waals surface area (Å²) in [5, 5.41) is 19.4. The molecule has 0 aromatic rings. The first-order valence-corrected chi connectivity index (χ1v) is 10.2. The van der Waals surface area contributed by atoms with Crippen molar-refractivity contribution in [1.82, 2.24) is 0 Å². The van der Waals surface area contributed by atoms with Crippen LogP contribution in [0, 0.1) is 40.4 Å². The Hall–Kier alpha value is -0.740. The maximum atomic E-state index is 12.3. The van der Waals surface area contributed by atoms with Gasteiger partial charge in [0.2, 0.25) is 0 Å². The molecule has 4 nitrogen and oxygen atoms in total. The first-order chi connectivity index (χ1) is 11.8. The second-order valence-electron chi connectivity index (χ2n) is 9.85. The highest BCUT2D eigenvalue weighted by Gasteiger charge is 2.61. The minimum Gasteiger partial charge on any atom is -0.389 e. The summed E-state index contributed by atoms with van der Waals surface area (Å²) in [5.41, 5.74) is 0.0575. The average Bonchev–Trinajstić information content (AvgIpc) is 2.93. The summed E-state index contributed by atoms with van der Waals surface area (Å²) < 4.78 is 0. The van der Waals surface area contributed by atoms with Crippen LogP contribution in [0.1, 0.15) is 65.2 Å². The molecule has 0 saturated heterocycles. The topological polar surface area (TPSA) is 74.6 Å². The van der Waals surface area contributed by atoms with E-state index in [1.165, 1.54) is 6.42 Å². The zero-order valence-corrected chi connectivity index (χ0v) is 15.5. The number of aliphatic hydroxyl groups excluding tert-OH is 2. The third kappa shape index (κ3) is 2.39. The molecule has 0 bridgehead atoms. The molecular weight excluding hydrogens is 316 g/mol. The molecule has 4 aliphatic carbocycles. The van der Waals surface area contributed by atoms with E-state index in [1.54, 1.807) is 0 Å². The van der Waals surface area contributed by atoms with E-state index in [1.807, 2.05) is 0 Å². The van der Waals surface area contributed by atoms with Crippen LogP contribution in [-0.2, 0) is 9.59 Å². The summed E-state index contributed by atoms with van der Waals surface area (Å²) in [5.74, 6) is 2.23. The van der Waals surface area contributed by atoms with E-state index in [0.717, 1.165) is 32.1 Å². The second kappa shape index (κ2) is 5.88. The summed E-state index contributed by atoms with van der Waals surface area (Å²) in [6.07, 6.45) is 6.83. The zero-order valence-electron chi connectivity index (χ0n) is 15.5. The van der Waals surface area contributed by atoms with Crippen molar-refractivity contribution in [2.24, 2.45) is 40.4 Å². The fraction of sp³-hybridized carbons (Fsp3) is 0.905. The third-order valence-electron chi connectivity index (χ3n) is 9.04. The minimum absolute atomic E-state index is 0.0174. The molecule has 0 heterocycles. The molecular formula is C21H32O4. The third-order valence-corrected chi connectivity index (χ3v) is 9.04. The maximum Gasteiger partial charge on any atom is 0.161 e. The number of carbonyl (C=O) groups is 2. The van der Waals surface area contributed by atoms with E-state index in [-0.39, 0.29) is 34.9 Å². The van der Waals surface area contributed by atoms with Crippen molar-refractivity contribution in [1.29, 1.82) is 0 Å². The molecule has 0 aromatic carbocycles. The van der Waals surface area contributed by atoms with Crippen LogP contribution in [-0.4, -0.2) is 34.5 Å². The van der Waals surface area contributed by atoms with Crippen LogP contribution in [0.15, 0.2) is 0 Å². The standard InChI is InChI=1S/C21H32O4/c1-20-8-7-15-13(14(20)5-6-16(20)19(25)11-22)4-3-12-9-17(23)18(24)10-21(12,15)2/h12-17,22-23H,3-11H2,1-2H3/t12?,13-,14-,15-,16+,17?,20-,21-/m0/s1. The van der Waals surface area contributed by atoms with Gasteiger partial charge in [0.05, 0.1) is 0 Å². The fourth-order valence-electron chi connectivity index (χ4n) is 7.73. The van der Waals surface area contributed by atoms with E-state index in [0.29, 0.717) is 36.5 Å². The van der Waals surface area contributed by atoms with Gasteiger partial charge in [0.1, 0.15) is 12.7 Å². The largest absolute Gasteiger partial charge is 0.389 e. The first-order valence-electron chi connectivity index (χ1n) is 10.2. The summed E-state index contributed by atoms with van der Waals surface area (Å²) in [6, 6.07) is 0. The lowest BCUT2D eigenvalue weighted by Gasteiger charge is -2.60. The molecule has 2 N–H and O–H groups in total. The van der Waals surface area contributed by atoms with Crippen molar-refractivity contribution in [2.45, 2.75) is 71.3 Å². The SMILES string of the molecule is C[C@]12CC[C@H]3[C@@H](CCC4CC(O)C(=O)C[C@@]43C)[C@@H]1CC[C@@H]2C(=O)CO. The van der Waals surface area contributed by atoms with Crippen LogP contribution in [0.2, 0.25) is 0 Å². The van der Waals surface area contributed by atoms with Crippen LogP contribution in [0.25, 0.3) is 0 Å². The Bertz CT molecular complexity index is 586. The van der Waals surface area contributed by atoms with Gasteiger partial charge in [-0.15, -0.1) is 0 Å². The number of hydrogen-bond donors (Lipinski definition) is 2. The maximum absolute atomic E-state index is 12.3. The molecule has 4 heteroatoms. The quantitative estimate of drug-likeness (QED) is 0.805. The molecule has 2 unspecified atom stereocenters. The summed E-state index contributed by atoms with van der Waals surface area (Å²) in [4.78, 5) is 24.6. The molecule has 4 saturated carbocycles. The lowest BCUT2D eigenvalue weighted by molar-refractivity contribution is -0.156. The molecule has 0 amide bonds. The summed E-state index contributed by atoms with van der Waals surface area (Å²) in [7, 11) is 0. The Morgan fingerprint density at radius 2 is 1.80 bits per heavy atom. The van der Waals surface area contributed by atoms with Gasteiger partial charge < -0.3 is 10.2 Å². The molecule has 4 fully saturated rings. The minimum atomic E-state index is -0.749. The first kappa shape index (κ1) is 17.7. The van der Waals surface area contributed by atoms with E-state index >= 15 is 0 Å².